The van der Waals surface area contributed by atoms with Crippen molar-refractivity contribution in [3.05, 3.63) is 112 Å². The molecule has 7 nitrogen and oxygen atoms in total. The summed E-state index contributed by atoms with van der Waals surface area (Å²) in [4.78, 5) is 17.7. The molecule has 1 aliphatic heterocycles. The second-order valence-corrected chi connectivity index (χ2v) is 10.1. The number of halogens is 2. The maximum absolute atomic E-state index is 14.1. The molecule has 1 N–H and O–H groups in total. The molecule has 0 saturated heterocycles. The summed E-state index contributed by atoms with van der Waals surface area (Å²) in [5, 5.41) is 8.96. The molecule has 4 aromatic rings. The molecule has 200 valence electrons. The maximum atomic E-state index is 14.1. The van der Waals surface area contributed by atoms with Crippen LogP contribution in [0, 0.1) is 5.82 Å². The molecule has 2 heterocycles. The van der Waals surface area contributed by atoms with E-state index >= 15 is 0 Å². The molecule has 1 aromatic heterocycles. The van der Waals surface area contributed by atoms with Gasteiger partial charge in [-0.3, -0.25) is 0 Å². The predicted octanol–water partition coefficient (Wildman–Crippen LogP) is 6.79. The normalized spacial score (nSPS) is 14.5. The van der Waals surface area contributed by atoms with Crippen molar-refractivity contribution in [2.75, 3.05) is 11.9 Å². The molecule has 0 saturated carbocycles. The number of nitrogens with zero attached hydrogens (tertiary/aromatic N) is 3. The van der Waals surface area contributed by atoms with Gasteiger partial charge in [0.25, 0.3) is 0 Å². The second kappa shape index (κ2) is 11.9. The van der Waals surface area contributed by atoms with Crippen LogP contribution in [0.5, 0.6) is 5.75 Å². The standard InChI is InChI=1S/C29H26ClFN4O3S/c1-3-37-27(36)25-18(2)32-28-33-29(39-17-21-10-5-7-14-24(21)31)34-35(28)26(25)19-11-8-12-22(15-19)38-16-20-9-4-6-13-23(20)30/h4-15,26H,3,16-17H2,1-2H3,(H,32,33,34). The van der Waals surface area contributed by atoms with Crippen LogP contribution in [0.4, 0.5) is 10.3 Å². The molecule has 0 bridgehead atoms. The molecular formula is C29H26ClFN4O3S. The summed E-state index contributed by atoms with van der Waals surface area (Å²) in [6, 6.07) is 21.0. The molecule has 0 radical (unpaired) electrons. The second-order valence-electron chi connectivity index (χ2n) is 8.78. The number of thioether (sulfide) groups is 1. The highest BCUT2D eigenvalue weighted by Crippen LogP contribution is 2.38. The number of anilines is 1. The summed E-state index contributed by atoms with van der Waals surface area (Å²) < 4.78 is 27.3. The number of rotatable bonds is 9. The summed E-state index contributed by atoms with van der Waals surface area (Å²) in [6.07, 6.45) is 0. The van der Waals surface area contributed by atoms with Gasteiger partial charge in [0.1, 0.15) is 24.2 Å². The summed E-state index contributed by atoms with van der Waals surface area (Å²) >= 11 is 7.60. The van der Waals surface area contributed by atoms with E-state index in [9.17, 15) is 9.18 Å². The fraction of sp³-hybridized carbons (Fsp3) is 0.207. The van der Waals surface area contributed by atoms with Crippen LogP contribution in [0.1, 0.15) is 36.6 Å². The van der Waals surface area contributed by atoms with Gasteiger partial charge in [0.15, 0.2) is 0 Å². The van der Waals surface area contributed by atoms with Crippen LogP contribution < -0.4 is 10.1 Å². The van der Waals surface area contributed by atoms with E-state index in [-0.39, 0.29) is 12.4 Å². The van der Waals surface area contributed by atoms with Crippen molar-refractivity contribution in [1.29, 1.82) is 0 Å². The monoisotopic (exact) mass is 564 g/mol. The zero-order valence-corrected chi connectivity index (χ0v) is 22.9. The van der Waals surface area contributed by atoms with Gasteiger partial charge in [-0.15, -0.1) is 5.10 Å². The van der Waals surface area contributed by atoms with E-state index in [1.165, 1.54) is 17.8 Å². The van der Waals surface area contributed by atoms with E-state index in [0.717, 1.165) is 11.1 Å². The first-order valence-corrected chi connectivity index (χ1v) is 13.7. The largest absolute Gasteiger partial charge is 0.489 e. The van der Waals surface area contributed by atoms with Crippen LogP contribution >= 0.6 is 23.4 Å². The number of ether oxygens (including phenoxy) is 2. The molecule has 3 aromatic carbocycles. The summed E-state index contributed by atoms with van der Waals surface area (Å²) in [6.45, 7) is 4.10. The Morgan fingerprint density at radius 3 is 2.64 bits per heavy atom. The fourth-order valence-corrected chi connectivity index (χ4v) is 5.29. The number of carbonyl (C=O) groups is 1. The minimum atomic E-state index is -0.612. The van der Waals surface area contributed by atoms with Gasteiger partial charge in [-0.25, -0.2) is 13.9 Å². The third-order valence-electron chi connectivity index (χ3n) is 6.17. The zero-order chi connectivity index (χ0) is 27.4. The van der Waals surface area contributed by atoms with Gasteiger partial charge in [0.2, 0.25) is 11.1 Å². The number of aromatic nitrogens is 3. The molecular weight excluding hydrogens is 539 g/mol. The smallest absolute Gasteiger partial charge is 0.338 e. The Morgan fingerprint density at radius 2 is 1.87 bits per heavy atom. The van der Waals surface area contributed by atoms with E-state index in [1.54, 1.807) is 36.7 Å². The lowest BCUT2D eigenvalue weighted by molar-refractivity contribution is -0.139. The van der Waals surface area contributed by atoms with Gasteiger partial charge in [-0.1, -0.05) is 71.9 Å². The average molecular weight is 565 g/mol. The van der Waals surface area contributed by atoms with Gasteiger partial charge in [0, 0.05) is 22.0 Å². The van der Waals surface area contributed by atoms with Crippen LogP contribution in [0.2, 0.25) is 5.02 Å². The van der Waals surface area contributed by atoms with Gasteiger partial charge >= 0.3 is 5.97 Å². The van der Waals surface area contributed by atoms with Crippen molar-refractivity contribution in [3.8, 4) is 5.75 Å². The Kier molecular flexibility index (Phi) is 8.18. The fourth-order valence-electron chi connectivity index (χ4n) is 4.28. The molecule has 1 aliphatic rings. The Bertz CT molecular complexity index is 1540. The lowest BCUT2D eigenvalue weighted by atomic mass is 9.95. The molecule has 1 unspecified atom stereocenters. The summed E-state index contributed by atoms with van der Waals surface area (Å²) in [7, 11) is 0. The van der Waals surface area contributed by atoms with Gasteiger partial charge < -0.3 is 14.8 Å². The van der Waals surface area contributed by atoms with E-state index < -0.39 is 12.0 Å². The van der Waals surface area contributed by atoms with Crippen LogP contribution in [0.25, 0.3) is 0 Å². The van der Waals surface area contributed by atoms with Crippen LogP contribution in [0.15, 0.2) is 89.2 Å². The van der Waals surface area contributed by atoms with E-state index in [2.05, 4.69) is 10.3 Å². The highest BCUT2D eigenvalue weighted by atomic mass is 35.5. The topological polar surface area (TPSA) is 78.3 Å². The van der Waals surface area contributed by atoms with Crippen LogP contribution in [-0.4, -0.2) is 27.3 Å². The first kappa shape index (κ1) is 26.8. The van der Waals surface area contributed by atoms with Crippen LogP contribution in [0.3, 0.4) is 0 Å². The lowest BCUT2D eigenvalue weighted by Gasteiger charge is -2.28. The van der Waals surface area contributed by atoms with E-state index in [1.807, 2.05) is 48.5 Å². The Morgan fingerprint density at radius 1 is 1.10 bits per heavy atom. The molecule has 1 atom stereocenters. The van der Waals surface area contributed by atoms with E-state index in [0.29, 0.717) is 51.1 Å². The Balaban J connectivity index is 1.46. The number of esters is 1. The third-order valence-corrected chi connectivity index (χ3v) is 7.42. The number of benzene rings is 3. The molecule has 10 heteroatoms. The van der Waals surface area contributed by atoms with Crippen molar-refractivity contribution in [3.63, 3.8) is 0 Å². The number of carbonyl (C=O) groups excluding carboxylic acids is 1. The van der Waals surface area contributed by atoms with Crippen LogP contribution in [-0.2, 0) is 21.9 Å². The van der Waals surface area contributed by atoms with Crippen molar-refractivity contribution < 1.29 is 18.7 Å². The SMILES string of the molecule is CCOC(=O)C1=C(C)Nc2nc(SCc3ccccc3F)nn2C1c1cccc(OCc2ccccc2Cl)c1. The zero-order valence-electron chi connectivity index (χ0n) is 21.4. The average Bonchev–Trinajstić information content (AvgIpc) is 3.34. The number of fused-ring (bicyclic) bond motifs is 1. The molecule has 0 spiro atoms. The van der Waals surface area contributed by atoms with Gasteiger partial charge in [-0.2, -0.15) is 4.98 Å². The quantitative estimate of drug-likeness (QED) is 0.177. The first-order chi connectivity index (χ1) is 18.9. The van der Waals surface area contributed by atoms with Gasteiger partial charge in [-0.05, 0) is 49.2 Å². The summed E-state index contributed by atoms with van der Waals surface area (Å²) in [5.41, 5.74) is 3.23. The first-order valence-electron chi connectivity index (χ1n) is 12.4. The number of allylic oxidation sites excluding steroid dienone is 1. The molecule has 0 fully saturated rings. The van der Waals surface area contributed by atoms with Gasteiger partial charge in [0.05, 0.1) is 12.2 Å². The van der Waals surface area contributed by atoms with Crippen molar-refractivity contribution in [1.82, 2.24) is 14.8 Å². The minimum absolute atomic E-state index is 0.233. The van der Waals surface area contributed by atoms with Crippen molar-refractivity contribution in [2.45, 2.75) is 37.4 Å². The third kappa shape index (κ3) is 5.94. The number of hydrogen-bond acceptors (Lipinski definition) is 7. The molecule has 0 amide bonds. The minimum Gasteiger partial charge on any atom is -0.489 e. The number of nitrogens with one attached hydrogen (secondary N) is 1. The maximum Gasteiger partial charge on any atom is 0.338 e. The van der Waals surface area contributed by atoms with Crippen molar-refractivity contribution in [2.24, 2.45) is 0 Å². The van der Waals surface area contributed by atoms with E-state index in [4.69, 9.17) is 26.2 Å². The molecule has 0 aliphatic carbocycles. The van der Waals surface area contributed by atoms with Crippen molar-refractivity contribution >= 4 is 35.3 Å². The highest BCUT2D eigenvalue weighted by Gasteiger charge is 2.35. The molecule has 39 heavy (non-hydrogen) atoms. The molecule has 5 rings (SSSR count). The Hall–Kier alpha value is -3.82. The highest BCUT2D eigenvalue weighted by molar-refractivity contribution is 7.98. The number of hydrogen-bond donors (Lipinski definition) is 1. The predicted molar refractivity (Wildman–Crippen MR) is 149 cm³/mol. The Labute approximate surface area is 235 Å². The lowest BCUT2D eigenvalue weighted by Crippen LogP contribution is -2.29. The summed E-state index contributed by atoms with van der Waals surface area (Å²) in [5.74, 6) is 0.729.